The number of carbonyl (C=O) groups is 1. The van der Waals surface area contributed by atoms with Crippen LogP contribution in [0.1, 0.15) is 28.0 Å². The molecule has 1 amide bonds. The Morgan fingerprint density at radius 1 is 1.46 bits per heavy atom. The fraction of sp³-hybridized carbons (Fsp3) is 0.471. The first-order valence-electron chi connectivity index (χ1n) is 8.40. The van der Waals surface area contributed by atoms with Crippen molar-refractivity contribution in [3.8, 4) is 0 Å². The maximum atomic E-state index is 12.1. The average molecular weight is 441 g/mol. The van der Waals surface area contributed by atoms with Gasteiger partial charge in [0.25, 0.3) is 5.91 Å². The molecule has 0 aliphatic rings. The van der Waals surface area contributed by atoms with Gasteiger partial charge >= 0.3 is 0 Å². The van der Waals surface area contributed by atoms with Gasteiger partial charge in [0.05, 0.1) is 24.3 Å². The van der Waals surface area contributed by atoms with Gasteiger partial charge in [-0.2, -0.15) is 0 Å². The normalized spacial score (nSPS) is 11.5. The first kappa shape index (κ1) is 20.4. The summed E-state index contributed by atoms with van der Waals surface area (Å²) in [7, 11) is 4.02. The van der Waals surface area contributed by atoms with Crippen molar-refractivity contribution < 1.29 is 4.79 Å². The van der Waals surface area contributed by atoms with Crippen LogP contribution in [-0.4, -0.2) is 53.0 Å². The van der Waals surface area contributed by atoms with Gasteiger partial charge in [-0.25, -0.2) is 4.98 Å². The van der Waals surface area contributed by atoms with E-state index in [9.17, 15) is 4.79 Å². The van der Waals surface area contributed by atoms with Crippen molar-refractivity contribution in [3.05, 3.63) is 38.5 Å². The molecule has 9 heteroatoms. The third-order valence-electron chi connectivity index (χ3n) is 3.78. The summed E-state index contributed by atoms with van der Waals surface area (Å²) in [4.78, 5) is 23.5. The Morgan fingerprint density at radius 3 is 2.81 bits per heavy atom. The number of thiazole rings is 1. The number of nitrogens with one attached hydrogen (secondary N) is 2. The quantitative estimate of drug-likeness (QED) is 0.393. The highest BCUT2D eigenvalue weighted by Crippen LogP contribution is 2.15. The van der Waals surface area contributed by atoms with Crippen LogP contribution in [0.4, 0.5) is 0 Å². The van der Waals surface area contributed by atoms with E-state index >= 15 is 0 Å². The predicted molar refractivity (Wildman–Crippen MR) is 110 cm³/mol. The topological polar surface area (TPSA) is 74.5 Å². The van der Waals surface area contributed by atoms with Gasteiger partial charge in [0.15, 0.2) is 5.96 Å². The van der Waals surface area contributed by atoms with Crippen molar-refractivity contribution in [2.24, 2.45) is 12.0 Å². The zero-order valence-corrected chi connectivity index (χ0v) is 17.9. The van der Waals surface area contributed by atoms with Crippen LogP contribution in [0.3, 0.4) is 0 Å². The summed E-state index contributed by atoms with van der Waals surface area (Å²) >= 11 is 4.85. The van der Waals surface area contributed by atoms with E-state index in [0.29, 0.717) is 18.0 Å². The fourth-order valence-corrected chi connectivity index (χ4v) is 3.73. The van der Waals surface area contributed by atoms with E-state index < -0.39 is 0 Å². The van der Waals surface area contributed by atoms with E-state index in [1.54, 1.807) is 5.51 Å². The molecule has 2 aromatic rings. The third-order valence-corrected chi connectivity index (χ3v) is 5.14. The second-order valence-corrected chi connectivity index (χ2v) is 7.65. The SMILES string of the molecule is CCNC(=NCCNC(=O)c1scnc1C)N(C)Cc1cc(Br)cn1C. The maximum Gasteiger partial charge on any atom is 0.263 e. The molecule has 0 aliphatic heterocycles. The molecule has 0 radical (unpaired) electrons. The van der Waals surface area contributed by atoms with Gasteiger partial charge in [-0.15, -0.1) is 11.3 Å². The minimum atomic E-state index is -0.0905. The van der Waals surface area contributed by atoms with E-state index in [-0.39, 0.29) is 5.91 Å². The Labute approximate surface area is 166 Å². The Hall–Kier alpha value is -1.87. The number of rotatable bonds is 7. The fourth-order valence-electron chi connectivity index (χ4n) is 2.44. The Balaban J connectivity index is 1.90. The molecule has 26 heavy (non-hydrogen) atoms. The van der Waals surface area contributed by atoms with Gasteiger partial charge in [0, 0.05) is 43.5 Å². The second kappa shape index (κ2) is 9.72. The summed E-state index contributed by atoms with van der Waals surface area (Å²) in [5.74, 6) is 0.722. The zero-order chi connectivity index (χ0) is 19.1. The number of amides is 1. The summed E-state index contributed by atoms with van der Waals surface area (Å²) in [6, 6.07) is 2.09. The lowest BCUT2D eigenvalue weighted by molar-refractivity contribution is 0.0958. The largest absolute Gasteiger partial charge is 0.357 e. The van der Waals surface area contributed by atoms with Crippen LogP contribution in [0.5, 0.6) is 0 Å². The van der Waals surface area contributed by atoms with Crippen LogP contribution in [0.2, 0.25) is 0 Å². The van der Waals surface area contributed by atoms with E-state index in [0.717, 1.165) is 29.2 Å². The zero-order valence-electron chi connectivity index (χ0n) is 15.5. The standard InChI is InChI=1S/C17H25BrN6OS/c1-5-19-17(24(4)10-14-8-13(18)9-23(14)3)21-7-6-20-16(25)15-12(2)22-11-26-15/h8-9,11H,5-7,10H2,1-4H3,(H,19,21)(H,20,25). The molecule has 2 heterocycles. The van der Waals surface area contributed by atoms with E-state index in [4.69, 9.17) is 0 Å². The molecule has 0 saturated heterocycles. The molecule has 2 N–H and O–H groups in total. The molecule has 0 atom stereocenters. The summed E-state index contributed by atoms with van der Waals surface area (Å²) in [6.45, 7) is 6.38. The Bertz CT molecular complexity index is 769. The molecule has 0 aliphatic carbocycles. The minimum absolute atomic E-state index is 0.0905. The summed E-state index contributed by atoms with van der Waals surface area (Å²) in [6.07, 6.45) is 2.03. The number of aromatic nitrogens is 2. The Morgan fingerprint density at radius 2 is 2.23 bits per heavy atom. The van der Waals surface area contributed by atoms with Crippen molar-refractivity contribution in [2.75, 3.05) is 26.7 Å². The lowest BCUT2D eigenvalue weighted by atomic mass is 10.4. The highest BCUT2D eigenvalue weighted by molar-refractivity contribution is 9.10. The van der Waals surface area contributed by atoms with Crippen LogP contribution in [0, 0.1) is 6.92 Å². The van der Waals surface area contributed by atoms with Gasteiger partial charge in [-0.3, -0.25) is 9.79 Å². The number of aryl methyl sites for hydroxylation is 2. The van der Waals surface area contributed by atoms with Gasteiger partial charge in [-0.1, -0.05) is 0 Å². The van der Waals surface area contributed by atoms with Crippen LogP contribution >= 0.6 is 27.3 Å². The molecule has 0 spiro atoms. The number of carbonyl (C=O) groups excluding carboxylic acids is 1. The van der Waals surface area contributed by atoms with Crippen LogP contribution in [0.15, 0.2) is 27.2 Å². The number of halogens is 1. The molecule has 2 rings (SSSR count). The van der Waals surface area contributed by atoms with Crippen LogP contribution in [0.25, 0.3) is 0 Å². The van der Waals surface area contributed by atoms with Gasteiger partial charge in [0.1, 0.15) is 4.88 Å². The highest BCUT2D eigenvalue weighted by Gasteiger charge is 2.12. The first-order chi connectivity index (χ1) is 12.4. The van der Waals surface area contributed by atoms with Crippen LogP contribution < -0.4 is 10.6 Å². The van der Waals surface area contributed by atoms with Gasteiger partial charge < -0.3 is 20.1 Å². The minimum Gasteiger partial charge on any atom is -0.357 e. The molecule has 0 aromatic carbocycles. The van der Waals surface area contributed by atoms with Gasteiger partial charge in [-0.05, 0) is 35.8 Å². The van der Waals surface area contributed by atoms with Crippen molar-refractivity contribution >= 4 is 39.1 Å². The third kappa shape index (κ3) is 5.57. The number of aliphatic imine (C=N–C) groups is 1. The van der Waals surface area contributed by atoms with Gasteiger partial charge in [0.2, 0.25) is 0 Å². The van der Waals surface area contributed by atoms with E-state index in [2.05, 4.69) is 52.1 Å². The molecule has 0 saturated carbocycles. The molecule has 7 nitrogen and oxygen atoms in total. The first-order valence-corrected chi connectivity index (χ1v) is 10.1. The summed E-state index contributed by atoms with van der Waals surface area (Å²) in [5, 5.41) is 6.18. The molecule has 0 unspecified atom stereocenters. The van der Waals surface area contributed by atoms with E-state index in [1.165, 1.54) is 17.0 Å². The Kier molecular flexibility index (Phi) is 7.65. The van der Waals surface area contributed by atoms with E-state index in [1.807, 2.05) is 34.1 Å². The molecule has 0 bridgehead atoms. The molecule has 2 aromatic heterocycles. The number of hydrogen-bond acceptors (Lipinski definition) is 4. The second-order valence-electron chi connectivity index (χ2n) is 5.88. The highest BCUT2D eigenvalue weighted by atomic mass is 79.9. The summed E-state index contributed by atoms with van der Waals surface area (Å²) in [5.41, 5.74) is 3.62. The van der Waals surface area contributed by atoms with Crippen molar-refractivity contribution in [2.45, 2.75) is 20.4 Å². The van der Waals surface area contributed by atoms with Crippen molar-refractivity contribution in [3.63, 3.8) is 0 Å². The molecule has 0 fully saturated rings. The predicted octanol–water partition coefficient (Wildman–Crippen LogP) is 2.38. The van der Waals surface area contributed by atoms with Crippen LogP contribution in [-0.2, 0) is 13.6 Å². The van der Waals surface area contributed by atoms with Crippen molar-refractivity contribution in [1.82, 2.24) is 25.1 Å². The monoisotopic (exact) mass is 440 g/mol. The lowest BCUT2D eigenvalue weighted by Crippen LogP contribution is -2.39. The summed E-state index contributed by atoms with van der Waals surface area (Å²) < 4.78 is 3.15. The average Bonchev–Trinajstić information content (AvgIpc) is 3.15. The lowest BCUT2D eigenvalue weighted by Gasteiger charge is -2.22. The number of hydrogen-bond donors (Lipinski definition) is 2. The smallest absolute Gasteiger partial charge is 0.263 e. The van der Waals surface area contributed by atoms with Crippen molar-refractivity contribution in [1.29, 1.82) is 0 Å². The number of guanidine groups is 1. The number of nitrogens with zero attached hydrogens (tertiary/aromatic N) is 4. The maximum absolute atomic E-state index is 12.1. The molecular weight excluding hydrogens is 416 g/mol. The molecular formula is C17H25BrN6OS. The molecule has 142 valence electrons.